The number of ether oxygens (including phenoxy) is 1. The van der Waals surface area contributed by atoms with Gasteiger partial charge in [0.2, 0.25) is 0 Å². The quantitative estimate of drug-likeness (QED) is 0.610. The van der Waals surface area contributed by atoms with Crippen LogP contribution in [0.25, 0.3) is 0 Å². The van der Waals surface area contributed by atoms with Gasteiger partial charge in [0.15, 0.2) is 0 Å². The fraction of sp³-hybridized carbons (Fsp3) is 0.667. The van der Waals surface area contributed by atoms with Gasteiger partial charge in [0.25, 0.3) is 0 Å². The van der Waals surface area contributed by atoms with E-state index < -0.39 is 12.2 Å². The zero-order chi connectivity index (χ0) is 11.8. The molecule has 0 aromatic rings. The van der Waals surface area contributed by atoms with Crippen LogP contribution >= 0.6 is 0 Å². The number of hydrogen-bond acceptors (Lipinski definition) is 3. The van der Waals surface area contributed by atoms with Crippen molar-refractivity contribution < 1.29 is 14.9 Å². The van der Waals surface area contributed by atoms with Crippen LogP contribution in [0.15, 0.2) is 24.7 Å². The molecule has 0 amide bonds. The predicted octanol–water partition coefficient (Wildman–Crippen LogP) is 2.35. The molecule has 3 nitrogen and oxygen atoms in total. The lowest BCUT2D eigenvalue weighted by Crippen LogP contribution is -2.17. The molecule has 2 atom stereocenters. The first-order chi connectivity index (χ1) is 7.02. The van der Waals surface area contributed by atoms with Crippen molar-refractivity contribution in [2.24, 2.45) is 0 Å². The van der Waals surface area contributed by atoms with Crippen LogP contribution in [0.3, 0.4) is 0 Å². The molecule has 0 saturated carbocycles. The van der Waals surface area contributed by atoms with E-state index in [1.165, 1.54) is 0 Å². The van der Waals surface area contributed by atoms with Gasteiger partial charge in [0.1, 0.15) is 23.7 Å². The lowest BCUT2D eigenvalue weighted by Gasteiger charge is -2.18. The van der Waals surface area contributed by atoms with E-state index in [0.29, 0.717) is 12.8 Å². The lowest BCUT2D eigenvalue weighted by atomic mass is 10.1. The second kappa shape index (κ2) is 7.49. The number of aliphatic hydroxyl groups excluding tert-OH is 2. The molecule has 3 heteroatoms. The minimum absolute atomic E-state index is 0.261. The molecule has 0 rings (SSSR count). The third kappa shape index (κ3) is 5.60. The highest BCUT2D eigenvalue weighted by Gasteiger charge is 2.14. The van der Waals surface area contributed by atoms with Gasteiger partial charge in [0, 0.05) is 0 Å². The number of aliphatic hydroxyl groups is 2. The summed E-state index contributed by atoms with van der Waals surface area (Å²) in [5.74, 6) is 0.522. The van der Waals surface area contributed by atoms with Crippen LogP contribution in [0.2, 0.25) is 0 Å². The third-order valence-electron chi connectivity index (χ3n) is 2.13. The van der Waals surface area contributed by atoms with E-state index in [0.717, 1.165) is 12.8 Å². The molecule has 0 aromatic carbocycles. The minimum Gasteiger partial charge on any atom is -0.462 e. The third-order valence-corrected chi connectivity index (χ3v) is 2.13. The van der Waals surface area contributed by atoms with Gasteiger partial charge in [0.05, 0.1) is 0 Å². The molecule has 0 bridgehead atoms. The lowest BCUT2D eigenvalue weighted by molar-refractivity contribution is 0.0841. The Morgan fingerprint density at radius 2 is 1.33 bits per heavy atom. The summed E-state index contributed by atoms with van der Waals surface area (Å²) in [5.41, 5.74) is 0. The largest absolute Gasteiger partial charge is 0.462 e. The molecule has 0 fully saturated rings. The predicted molar refractivity (Wildman–Crippen MR) is 61.2 cm³/mol. The van der Waals surface area contributed by atoms with Gasteiger partial charge in [-0.3, -0.25) is 0 Å². The summed E-state index contributed by atoms with van der Waals surface area (Å²) in [5, 5.41) is 19.1. The molecular weight excluding hydrogens is 192 g/mol. The summed E-state index contributed by atoms with van der Waals surface area (Å²) in [6.45, 7) is 11.2. The first kappa shape index (κ1) is 14.2. The molecule has 0 spiro atoms. The molecule has 0 heterocycles. The van der Waals surface area contributed by atoms with Crippen molar-refractivity contribution in [3.05, 3.63) is 24.7 Å². The van der Waals surface area contributed by atoms with E-state index in [4.69, 9.17) is 4.74 Å². The Kier molecular flexibility index (Phi) is 7.09. The SMILES string of the molecule is C=C(OC(=C)C(O)CCC)C(O)CCC. The van der Waals surface area contributed by atoms with Crippen LogP contribution in [0.5, 0.6) is 0 Å². The highest BCUT2D eigenvalue weighted by molar-refractivity contribution is 5.01. The van der Waals surface area contributed by atoms with Gasteiger partial charge < -0.3 is 14.9 Å². The topological polar surface area (TPSA) is 49.7 Å². The Morgan fingerprint density at radius 1 is 1.00 bits per heavy atom. The maximum absolute atomic E-state index is 9.53. The monoisotopic (exact) mass is 214 g/mol. The van der Waals surface area contributed by atoms with E-state index in [9.17, 15) is 10.2 Å². The van der Waals surface area contributed by atoms with Crippen molar-refractivity contribution in [2.45, 2.75) is 51.7 Å². The van der Waals surface area contributed by atoms with Gasteiger partial charge in [-0.15, -0.1) is 0 Å². The van der Waals surface area contributed by atoms with Crippen molar-refractivity contribution in [3.63, 3.8) is 0 Å². The highest BCUT2D eigenvalue weighted by Crippen LogP contribution is 2.16. The van der Waals surface area contributed by atoms with E-state index in [1.54, 1.807) is 0 Å². The maximum Gasteiger partial charge on any atom is 0.125 e. The van der Waals surface area contributed by atoms with Gasteiger partial charge in [-0.25, -0.2) is 0 Å². The maximum atomic E-state index is 9.53. The molecule has 0 radical (unpaired) electrons. The van der Waals surface area contributed by atoms with Crippen molar-refractivity contribution >= 4 is 0 Å². The number of hydrogen-bond donors (Lipinski definition) is 2. The van der Waals surface area contributed by atoms with Crippen LogP contribution in [-0.2, 0) is 4.74 Å². The molecule has 0 saturated heterocycles. The van der Waals surface area contributed by atoms with Crippen LogP contribution in [0, 0.1) is 0 Å². The molecule has 88 valence electrons. The van der Waals surface area contributed by atoms with E-state index >= 15 is 0 Å². The molecule has 0 aliphatic rings. The van der Waals surface area contributed by atoms with Gasteiger partial charge in [-0.2, -0.15) is 0 Å². The van der Waals surface area contributed by atoms with Crippen molar-refractivity contribution in [3.8, 4) is 0 Å². The first-order valence-electron chi connectivity index (χ1n) is 5.44. The van der Waals surface area contributed by atoms with Gasteiger partial charge in [-0.1, -0.05) is 39.8 Å². The van der Waals surface area contributed by atoms with E-state index in [-0.39, 0.29) is 11.5 Å². The minimum atomic E-state index is -0.680. The van der Waals surface area contributed by atoms with E-state index in [1.807, 2.05) is 13.8 Å². The molecule has 2 N–H and O–H groups in total. The summed E-state index contributed by atoms with van der Waals surface area (Å²) in [7, 11) is 0. The van der Waals surface area contributed by atoms with Crippen molar-refractivity contribution in [1.82, 2.24) is 0 Å². The second-order valence-electron chi connectivity index (χ2n) is 3.64. The van der Waals surface area contributed by atoms with Gasteiger partial charge in [-0.05, 0) is 12.8 Å². The smallest absolute Gasteiger partial charge is 0.125 e. The molecule has 15 heavy (non-hydrogen) atoms. The van der Waals surface area contributed by atoms with Crippen LogP contribution < -0.4 is 0 Å². The van der Waals surface area contributed by atoms with E-state index in [2.05, 4.69) is 13.2 Å². The Bertz CT molecular complexity index is 189. The van der Waals surface area contributed by atoms with Crippen LogP contribution in [0.4, 0.5) is 0 Å². The Hall–Kier alpha value is -0.800. The Morgan fingerprint density at radius 3 is 1.60 bits per heavy atom. The fourth-order valence-corrected chi connectivity index (χ4v) is 1.17. The highest BCUT2D eigenvalue weighted by atomic mass is 16.5. The van der Waals surface area contributed by atoms with Crippen molar-refractivity contribution in [1.29, 1.82) is 0 Å². The molecular formula is C12H22O3. The molecule has 2 unspecified atom stereocenters. The van der Waals surface area contributed by atoms with Gasteiger partial charge >= 0.3 is 0 Å². The normalized spacial score (nSPS) is 14.4. The summed E-state index contributed by atoms with van der Waals surface area (Å²) < 4.78 is 5.19. The standard InChI is InChI=1S/C12H22O3/c1-5-7-11(13)9(3)15-10(4)12(14)8-6-2/h11-14H,3-8H2,1-2H3. The fourth-order valence-electron chi connectivity index (χ4n) is 1.17. The van der Waals surface area contributed by atoms with Crippen LogP contribution in [0.1, 0.15) is 39.5 Å². The molecule has 0 aromatic heterocycles. The first-order valence-corrected chi connectivity index (χ1v) is 5.44. The number of rotatable bonds is 8. The average Bonchev–Trinajstić information content (AvgIpc) is 2.18. The Labute approximate surface area is 92.1 Å². The molecule has 0 aliphatic carbocycles. The van der Waals surface area contributed by atoms with Crippen LogP contribution in [-0.4, -0.2) is 22.4 Å². The summed E-state index contributed by atoms with van der Waals surface area (Å²) in [6.07, 6.45) is 1.56. The zero-order valence-electron chi connectivity index (χ0n) is 9.70. The van der Waals surface area contributed by atoms with Crippen molar-refractivity contribution in [2.75, 3.05) is 0 Å². The molecule has 0 aliphatic heterocycles. The summed E-state index contributed by atoms with van der Waals surface area (Å²) in [6, 6.07) is 0. The second-order valence-corrected chi connectivity index (χ2v) is 3.64. The Balaban J connectivity index is 4.00. The average molecular weight is 214 g/mol. The summed E-state index contributed by atoms with van der Waals surface area (Å²) >= 11 is 0. The summed E-state index contributed by atoms with van der Waals surface area (Å²) in [4.78, 5) is 0. The zero-order valence-corrected chi connectivity index (χ0v) is 9.70.